The molecule has 1 aliphatic rings. The fraction of sp³-hybridized carbons (Fsp3) is 1.00. The molecule has 1 fully saturated rings. The molecule has 0 unspecified atom stereocenters. The number of sulfonamides is 1. The maximum absolute atomic E-state index is 11.9. The van der Waals surface area contributed by atoms with Crippen molar-refractivity contribution in [2.75, 3.05) is 32.1 Å². The van der Waals surface area contributed by atoms with Gasteiger partial charge in [0.1, 0.15) is 0 Å². The van der Waals surface area contributed by atoms with Gasteiger partial charge in [0.05, 0.1) is 19.0 Å². The molecule has 5 heteroatoms. The van der Waals surface area contributed by atoms with Gasteiger partial charge in [-0.3, -0.25) is 0 Å². The molecule has 1 aliphatic heterocycles. The molecule has 0 aromatic rings. The molecule has 84 valence electrons. The molecule has 0 aromatic carbocycles. The average Bonchev–Trinajstić information content (AvgIpc) is 2.01. The molecule has 4 nitrogen and oxygen atoms in total. The highest BCUT2D eigenvalue weighted by Gasteiger charge is 2.28. The van der Waals surface area contributed by atoms with Crippen molar-refractivity contribution in [1.82, 2.24) is 4.31 Å². The van der Waals surface area contributed by atoms with Gasteiger partial charge in [-0.05, 0) is 5.41 Å². The first-order chi connectivity index (χ1) is 6.31. The molecular formula is C9H19NO3S. The summed E-state index contributed by atoms with van der Waals surface area (Å²) < 4.78 is 30.4. The molecule has 14 heavy (non-hydrogen) atoms. The first-order valence-electron chi connectivity index (χ1n) is 4.87. The van der Waals surface area contributed by atoms with Gasteiger partial charge in [-0.1, -0.05) is 20.8 Å². The van der Waals surface area contributed by atoms with Crippen LogP contribution in [0, 0.1) is 5.41 Å². The van der Waals surface area contributed by atoms with Crippen LogP contribution < -0.4 is 0 Å². The summed E-state index contributed by atoms with van der Waals surface area (Å²) in [5.41, 5.74) is -0.183. The van der Waals surface area contributed by atoms with Crippen LogP contribution in [0.25, 0.3) is 0 Å². The summed E-state index contributed by atoms with van der Waals surface area (Å²) in [7, 11) is -3.09. The molecule has 1 heterocycles. The molecule has 0 saturated carbocycles. The van der Waals surface area contributed by atoms with Crippen LogP contribution in [-0.2, 0) is 14.8 Å². The van der Waals surface area contributed by atoms with Gasteiger partial charge in [-0.2, -0.15) is 4.31 Å². The van der Waals surface area contributed by atoms with Gasteiger partial charge in [-0.25, -0.2) is 8.42 Å². The molecule has 0 aromatic heterocycles. The lowest BCUT2D eigenvalue weighted by atomic mass is 10.0. The van der Waals surface area contributed by atoms with E-state index in [0.29, 0.717) is 26.3 Å². The van der Waals surface area contributed by atoms with Crippen molar-refractivity contribution in [2.45, 2.75) is 20.8 Å². The fourth-order valence-electron chi connectivity index (χ4n) is 1.46. The number of hydrogen-bond acceptors (Lipinski definition) is 3. The van der Waals surface area contributed by atoms with E-state index in [2.05, 4.69) is 0 Å². The molecule has 1 rings (SSSR count). The van der Waals surface area contributed by atoms with Crippen molar-refractivity contribution in [2.24, 2.45) is 5.41 Å². The Balaban J connectivity index is 2.64. The van der Waals surface area contributed by atoms with Crippen molar-refractivity contribution < 1.29 is 13.2 Å². The molecule has 1 saturated heterocycles. The minimum absolute atomic E-state index is 0.183. The Morgan fingerprint density at radius 1 is 1.21 bits per heavy atom. The molecule has 0 bridgehead atoms. The van der Waals surface area contributed by atoms with Crippen molar-refractivity contribution in [1.29, 1.82) is 0 Å². The van der Waals surface area contributed by atoms with Crippen LogP contribution in [0.1, 0.15) is 20.8 Å². The summed E-state index contributed by atoms with van der Waals surface area (Å²) in [4.78, 5) is 0. The van der Waals surface area contributed by atoms with Crippen LogP contribution in [0.3, 0.4) is 0 Å². The molecular weight excluding hydrogens is 202 g/mol. The second-order valence-electron chi connectivity index (χ2n) is 4.83. The lowest BCUT2D eigenvalue weighted by molar-refractivity contribution is 0.0727. The minimum atomic E-state index is -3.09. The minimum Gasteiger partial charge on any atom is -0.379 e. The van der Waals surface area contributed by atoms with Crippen LogP contribution in [-0.4, -0.2) is 44.8 Å². The largest absolute Gasteiger partial charge is 0.379 e. The highest BCUT2D eigenvalue weighted by Crippen LogP contribution is 2.19. The maximum atomic E-state index is 11.9. The molecule has 0 radical (unpaired) electrons. The standard InChI is InChI=1S/C9H19NO3S/c1-9(2,3)8-14(11,12)10-4-6-13-7-5-10/h4-8H2,1-3H3. The Labute approximate surface area is 86.3 Å². The van der Waals surface area contributed by atoms with Gasteiger partial charge in [0.2, 0.25) is 10.0 Å². The summed E-state index contributed by atoms with van der Waals surface area (Å²) in [6.07, 6.45) is 0. The van der Waals surface area contributed by atoms with Crippen LogP contribution in [0.4, 0.5) is 0 Å². The Morgan fingerprint density at radius 3 is 2.14 bits per heavy atom. The van der Waals surface area contributed by atoms with Crippen LogP contribution in [0.2, 0.25) is 0 Å². The van der Waals surface area contributed by atoms with Gasteiger partial charge >= 0.3 is 0 Å². The molecule has 0 aliphatic carbocycles. The fourth-order valence-corrected chi connectivity index (χ4v) is 3.45. The van der Waals surface area contributed by atoms with Gasteiger partial charge in [0, 0.05) is 13.1 Å². The molecule has 0 atom stereocenters. The van der Waals surface area contributed by atoms with Crippen molar-refractivity contribution in [3.63, 3.8) is 0 Å². The molecule has 0 amide bonds. The third-order valence-corrected chi connectivity index (χ3v) is 4.36. The summed E-state index contributed by atoms with van der Waals surface area (Å²) in [6, 6.07) is 0. The molecule has 0 spiro atoms. The van der Waals surface area contributed by atoms with Crippen molar-refractivity contribution in [3.05, 3.63) is 0 Å². The van der Waals surface area contributed by atoms with Gasteiger partial charge in [0.15, 0.2) is 0 Å². The van der Waals surface area contributed by atoms with E-state index in [1.54, 1.807) is 0 Å². The van der Waals surface area contributed by atoms with E-state index in [4.69, 9.17) is 4.74 Å². The second-order valence-corrected chi connectivity index (χ2v) is 6.80. The summed E-state index contributed by atoms with van der Waals surface area (Å²) in [6.45, 7) is 7.84. The predicted octanol–water partition coefficient (Wildman–Crippen LogP) is 0.695. The van der Waals surface area contributed by atoms with E-state index in [1.165, 1.54) is 4.31 Å². The maximum Gasteiger partial charge on any atom is 0.214 e. The lowest BCUT2D eigenvalue weighted by Gasteiger charge is -2.29. The number of morpholine rings is 1. The van der Waals surface area contributed by atoms with Gasteiger partial charge < -0.3 is 4.74 Å². The first-order valence-corrected chi connectivity index (χ1v) is 6.48. The van der Waals surface area contributed by atoms with Crippen molar-refractivity contribution in [3.8, 4) is 0 Å². The van der Waals surface area contributed by atoms with Crippen LogP contribution in [0.15, 0.2) is 0 Å². The van der Waals surface area contributed by atoms with E-state index in [9.17, 15) is 8.42 Å². The van der Waals surface area contributed by atoms with Crippen LogP contribution in [0.5, 0.6) is 0 Å². The normalized spacial score (nSPS) is 21.1. The zero-order chi connectivity index (χ0) is 10.8. The Bertz CT molecular complexity index is 273. The highest BCUT2D eigenvalue weighted by atomic mass is 32.2. The van der Waals surface area contributed by atoms with Crippen LogP contribution >= 0.6 is 0 Å². The van der Waals surface area contributed by atoms with E-state index in [-0.39, 0.29) is 11.2 Å². The lowest BCUT2D eigenvalue weighted by Crippen LogP contribution is -2.43. The van der Waals surface area contributed by atoms with E-state index >= 15 is 0 Å². The molecule has 0 N–H and O–H groups in total. The third-order valence-electron chi connectivity index (χ3n) is 1.98. The van der Waals surface area contributed by atoms with Crippen molar-refractivity contribution >= 4 is 10.0 Å². The summed E-state index contributed by atoms with van der Waals surface area (Å²) in [5.74, 6) is 0.208. The first kappa shape index (κ1) is 11.9. The third kappa shape index (κ3) is 3.55. The summed E-state index contributed by atoms with van der Waals surface area (Å²) >= 11 is 0. The summed E-state index contributed by atoms with van der Waals surface area (Å²) in [5, 5.41) is 0. The zero-order valence-electron chi connectivity index (χ0n) is 9.12. The smallest absolute Gasteiger partial charge is 0.214 e. The van der Waals surface area contributed by atoms with E-state index < -0.39 is 10.0 Å². The predicted molar refractivity (Wildman–Crippen MR) is 55.6 cm³/mol. The van der Waals surface area contributed by atoms with E-state index in [0.717, 1.165) is 0 Å². The second kappa shape index (κ2) is 4.16. The quantitative estimate of drug-likeness (QED) is 0.689. The SMILES string of the molecule is CC(C)(C)CS(=O)(=O)N1CCOCC1. The van der Waals surface area contributed by atoms with E-state index in [1.807, 2.05) is 20.8 Å². The monoisotopic (exact) mass is 221 g/mol. The Kier molecular flexibility index (Phi) is 3.55. The number of hydrogen-bond donors (Lipinski definition) is 0. The Morgan fingerprint density at radius 2 is 1.71 bits per heavy atom. The topological polar surface area (TPSA) is 46.6 Å². The number of ether oxygens (including phenoxy) is 1. The average molecular weight is 221 g/mol. The number of nitrogens with zero attached hydrogens (tertiary/aromatic N) is 1. The Hall–Kier alpha value is -0.130. The van der Waals surface area contributed by atoms with Gasteiger partial charge in [0.25, 0.3) is 0 Å². The number of rotatable bonds is 2. The zero-order valence-corrected chi connectivity index (χ0v) is 9.93. The van der Waals surface area contributed by atoms with Gasteiger partial charge in [-0.15, -0.1) is 0 Å². The highest BCUT2D eigenvalue weighted by molar-refractivity contribution is 7.89.